The summed E-state index contributed by atoms with van der Waals surface area (Å²) in [5.74, 6) is -0.524. The maximum Gasteiger partial charge on any atom is 0.256 e. The zero-order valence-corrected chi connectivity index (χ0v) is 12.1. The van der Waals surface area contributed by atoms with Crippen LogP contribution in [0.15, 0.2) is 41.3 Å². The number of rotatable bonds is 4. The van der Waals surface area contributed by atoms with Gasteiger partial charge in [0.2, 0.25) is 0 Å². The number of aliphatic hydroxyl groups excluding tert-OH is 1. The summed E-state index contributed by atoms with van der Waals surface area (Å²) in [5.41, 5.74) is 0.976. The van der Waals surface area contributed by atoms with E-state index in [0.717, 1.165) is 0 Å². The minimum absolute atomic E-state index is 0.00772. The van der Waals surface area contributed by atoms with Gasteiger partial charge in [0.15, 0.2) is 5.43 Å². The van der Waals surface area contributed by atoms with E-state index in [-0.39, 0.29) is 17.5 Å². The first-order chi connectivity index (χ1) is 9.97. The van der Waals surface area contributed by atoms with E-state index in [1.165, 1.54) is 12.3 Å². The number of aliphatic hydroxyl groups is 1. The zero-order valence-electron chi connectivity index (χ0n) is 11.4. The van der Waals surface area contributed by atoms with Crippen molar-refractivity contribution in [2.75, 3.05) is 6.54 Å². The molecule has 0 saturated heterocycles. The number of aromatic nitrogens is 1. The molecular formula is C15H15ClN2O3. The molecule has 0 saturated carbocycles. The van der Waals surface area contributed by atoms with Crippen molar-refractivity contribution in [3.63, 3.8) is 0 Å². The predicted octanol–water partition coefficient (Wildman–Crippen LogP) is 1.80. The van der Waals surface area contributed by atoms with Gasteiger partial charge in [0.25, 0.3) is 5.91 Å². The molecule has 1 unspecified atom stereocenters. The molecule has 0 aliphatic rings. The largest absolute Gasteiger partial charge is 0.387 e. The molecule has 1 aromatic carbocycles. The van der Waals surface area contributed by atoms with Crippen LogP contribution in [0.1, 0.15) is 27.7 Å². The molecule has 21 heavy (non-hydrogen) atoms. The third kappa shape index (κ3) is 3.93. The molecule has 3 N–H and O–H groups in total. The number of nitrogens with one attached hydrogen (secondary N) is 2. The number of amides is 1. The van der Waals surface area contributed by atoms with Crippen LogP contribution in [0.4, 0.5) is 0 Å². The van der Waals surface area contributed by atoms with Gasteiger partial charge >= 0.3 is 0 Å². The van der Waals surface area contributed by atoms with Gasteiger partial charge in [0.1, 0.15) is 5.56 Å². The van der Waals surface area contributed by atoms with Crippen LogP contribution < -0.4 is 10.7 Å². The van der Waals surface area contributed by atoms with Crippen LogP contribution >= 0.6 is 11.6 Å². The maximum absolute atomic E-state index is 11.9. The van der Waals surface area contributed by atoms with Crippen molar-refractivity contribution in [1.82, 2.24) is 10.3 Å². The normalized spacial score (nSPS) is 12.0. The Morgan fingerprint density at radius 1 is 1.38 bits per heavy atom. The van der Waals surface area contributed by atoms with Gasteiger partial charge in [0, 0.05) is 29.5 Å². The number of hydrogen-bond acceptors (Lipinski definition) is 3. The van der Waals surface area contributed by atoms with Crippen LogP contribution in [0.5, 0.6) is 0 Å². The Hall–Kier alpha value is -2.11. The quantitative estimate of drug-likeness (QED) is 0.805. The molecular weight excluding hydrogens is 292 g/mol. The average molecular weight is 307 g/mol. The highest BCUT2D eigenvalue weighted by Gasteiger charge is 2.13. The van der Waals surface area contributed by atoms with Crippen molar-refractivity contribution in [2.45, 2.75) is 13.0 Å². The summed E-state index contributed by atoms with van der Waals surface area (Å²) < 4.78 is 0. The summed E-state index contributed by atoms with van der Waals surface area (Å²) in [6, 6.07) is 8.03. The van der Waals surface area contributed by atoms with Crippen molar-refractivity contribution in [1.29, 1.82) is 0 Å². The Bertz CT molecular complexity index is 695. The number of halogens is 1. The number of aryl methyl sites for hydroxylation is 1. The summed E-state index contributed by atoms with van der Waals surface area (Å²) in [6.07, 6.45) is 0.498. The van der Waals surface area contributed by atoms with Crippen LogP contribution in [-0.4, -0.2) is 22.5 Å². The molecule has 2 aromatic rings. The molecule has 6 heteroatoms. The predicted molar refractivity (Wildman–Crippen MR) is 80.5 cm³/mol. The van der Waals surface area contributed by atoms with Crippen molar-refractivity contribution < 1.29 is 9.90 Å². The number of hydrogen-bond donors (Lipinski definition) is 3. The molecule has 0 bridgehead atoms. The van der Waals surface area contributed by atoms with E-state index >= 15 is 0 Å². The van der Waals surface area contributed by atoms with Gasteiger partial charge in [-0.3, -0.25) is 9.59 Å². The minimum Gasteiger partial charge on any atom is -0.387 e. The topological polar surface area (TPSA) is 82.2 Å². The lowest BCUT2D eigenvalue weighted by atomic mass is 10.1. The van der Waals surface area contributed by atoms with Gasteiger partial charge in [-0.05, 0) is 24.6 Å². The number of pyridine rings is 1. The second-order valence-electron chi connectivity index (χ2n) is 4.67. The second kappa shape index (κ2) is 6.56. The molecule has 0 radical (unpaired) electrons. The van der Waals surface area contributed by atoms with E-state index in [0.29, 0.717) is 16.3 Å². The van der Waals surface area contributed by atoms with Crippen LogP contribution in [0.25, 0.3) is 0 Å². The van der Waals surface area contributed by atoms with E-state index in [1.54, 1.807) is 31.2 Å². The molecule has 0 aliphatic heterocycles. The molecule has 1 heterocycles. The highest BCUT2D eigenvalue weighted by Crippen LogP contribution is 2.15. The third-order valence-electron chi connectivity index (χ3n) is 3.01. The summed E-state index contributed by atoms with van der Waals surface area (Å²) >= 11 is 5.76. The Labute approximate surface area is 126 Å². The van der Waals surface area contributed by atoms with E-state index in [9.17, 15) is 14.7 Å². The maximum atomic E-state index is 11.9. The van der Waals surface area contributed by atoms with Crippen LogP contribution in [0.2, 0.25) is 5.02 Å². The molecule has 0 fully saturated rings. The Balaban J connectivity index is 2.00. The Morgan fingerprint density at radius 3 is 2.67 bits per heavy atom. The van der Waals surface area contributed by atoms with Gasteiger partial charge in [-0.1, -0.05) is 23.7 Å². The van der Waals surface area contributed by atoms with E-state index in [4.69, 9.17) is 11.6 Å². The lowest BCUT2D eigenvalue weighted by Crippen LogP contribution is -2.32. The average Bonchev–Trinajstić information content (AvgIpc) is 2.45. The summed E-state index contributed by atoms with van der Waals surface area (Å²) in [4.78, 5) is 26.4. The lowest BCUT2D eigenvalue weighted by Gasteiger charge is -2.12. The fourth-order valence-corrected chi connectivity index (χ4v) is 1.96. The highest BCUT2D eigenvalue weighted by molar-refractivity contribution is 6.30. The Kier molecular flexibility index (Phi) is 4.77. The fraction of sp³-hybridized carbons (Fsp3) is 0.200. The number of benzene rings is 1. The summed E-state index contributed by atoms with van der Waals surface area (Å²) in [5, 5.41) is 13.1. The van der Waals surface area contributed by atoms with Crippen LogP contribution in [-0.2, 0) is 0 Å². The first-order valence-corrected chi connectivity index (χ1v) is 6.76. The number of carbonyl (C=O) groups is 1. The monoisotopic (exact) mass is 306 g/mol. The molecule has 5 nitrogen and oxygen atoms in total. The van der Waals surface area contributed by atoms with Crippen LogP contribution in [0.3, 0.4) is 0 Å². The first kappa shape index (κ1) is 15.3. The minimum atomic E-state index is -0.865. The van der Waals surface area contributed by atoms with Crippen molar-refractivity contribution >= 4 is 17.5 Å². The molecule has 1 atom stereocenters. The molecule has 2 rings (SSSR count). The smallest absolute Gasteiger partial charge is 0.256 e. The Morgan fingerprint density at radius 2 is 2.05 bits per heavy atom. The SMILES string of the molecule is Cc1cc(=O)c(C(=O)NCC(O)c2ccc(Cl)cc2)c[nH]1. The molecule has 0 spiro atoms. The van der Waals surface area contributed by atoms with Gasteiger partial charge in [0.05, 0.1) is 6.10 Å². The van der Waals surface area contributed by atoms with Crippen molar-refractivity contribution in [2.24, 2.45) is 0 Å². The van der Waals surface area contributed by atoms with Crippen molar-refractivity contribution in [3.8, 4) is 0 Å². The molecule has 1 amide bonds. The van der Waals surface area contributed by atoms with Gasteiger partial charge < -0.3 is 15.4 Å². The standard InChI is InChI=1S/C15H15ClN2O3/c1-9-6-13(19)12(7-17-9)15(21)18-8-14(20)10-2-4-11(16)5-3-10/h2-7,14,20H,8H2,1H3,(H,17,19)(H,18,21). The lowest BCUT2D eigenvalue weighted by molar-refractivity contribution is 0.0915. The van der Waals surface area contributed by atoms with Gasteiger partial charge in [-0.25, -0.2) is 0 Å². The van der Waals surface area contributed by atoms with E-state index in [2.05, 4.69) is 10.3 Å². The molecule has 0 aliphatic carbocycles. The van der Waals surface area contributed by atoms with Gasteiger partial charge in [-0.15, -0.1) is 0 Å². The number of aromatic amines is 1. The summed E-state index contributed by atoms with van der Waals surface area (Å²) in [7, 11) is 0. The number of H-pyrrole nitrogens is 1. The number of carbonyl (C=O) groups excluding carboxylic acids is 1. The second-order valence-corrected chi connectivity index (χ2v) is 5.11. The first-order valence-electron chi connectivity index (χ1n) is 6.38. The fourth-order valence-electron chi connectivity index (χ4n) is 1.84. The van der Waals surface area contributed by atoms with Gasteiger partial charge in [-0.2, -0.15) is 0 Å². The van der Waals surface area contributed by atoms with E-state index in [1.807, 2.05) is 0 Å². The van der Waals surface area contributed by atoms with Crippen LogP contribution in [0, 0.1) is 6.92 Å². The highest BCUT2D eigenvalue weighted by atomic mass is 35.5. The van der Waals surface area contributed by atoms with Crippen molar-refractivity contribution in [3.05, 3.63) is 68.6 Å². The molecule has 110 valence electrons. The molecule has 1 aromatic heterocycles. The summed E-state index contributed by atoms with van der Waals surface area (Å²) in [6.45, 7) is 1.74. The van der Waals surface area contributed by atoms with E-state index < -0.39 is 12.0 Å². The zero-order chi connectivity index (χ0) is 15.4. The third-order valence-corrected chi connectivity index (χ3v) is 3.26.